The van der Waals surface area contributed by atoms with Crippen molar-refractivity contribution in [1.82, 2.24) is 5.32 Å². The predicted molar refractivity (Wildman–Crippen MR) is 114 cm³/mol. The number of nitrogens with one attached hydrogen (secondary N) is 2. The van der Waals surface area contributed by atoms with E-state index in [9.17, 15) is 19.7 Å². The van der Waals surface area contributed by atoms with Crippen molar-refractivity contribution in [3.05, 3.63) is 64.2 Å². The Bertz CT molecular complexity index is 942. The molecule has 2 amide bonds. The summed E-state index contributed by atoms with van der Waals surface area (Å²) in [5.74, 6) is -0.503. The lowest BCUT2D eigenvalue weighted by Crippen LogP contribution is -2.41. The Morgan fingerprint density at radius 2 is 2.03 bits per heavy atom. The van der Waals surface area contributed by atoms with Gasteiger partial charge >= 0.3 is 0 Å². The van der Waals surface area contributed by atoms with E-state index in [1.807, 2.05) is 0 Å². The van der Waals surface area contributed by atoms with Crippen molar-refractivity contribution in [1.29, 1.82) is 0 Å². The Balaban J connectivity index is 1.58. The summed E-state index contributed by atoms with van der Waals surface area (Å²) in [6.45, 7) is 2.66. The van der Waals surface area contributed by atoms with Gasteiger partial charge in [0.05, 0.1) is 16.7 Å². The molecule has 2 unspecified atom stereocenters. The van der Waals surface area contributed by atoms with Crippen LogP contribution in [0.15, 0.2) is 48.5 Å². The van der Waals surface area contributed by atoms with E-state index in [0.717, 1.165) is 31.9 Å². The van der Waals surface area contributed by atoms with E-state index in [1.165, 1.54) is 25.1 Å². The quantitative estimate of drug-likeness (QED) is 0.493. The van der Waals surface area contributed by atoms with E-state index in [-0.39, 0.29) is 17.4 Å². The fraction of sp³-hybridized carbons (Fsp3) is 0.364. The van der Waals surface area contributed by atoms with Crippen molar-refractivity contribution < 1.29 is 24.0 Å². The summed E-state index contributed by atoms with van der Waals surface area (Å²) in [4.78, 5) is 35.3. The van der Waals surface area contributed by atoms with Crippen LogP contribution in [0.25, 0.3) is 0 Å². The first kappa shape index (κ1) is 22.2. The summed E-state index contributed by atoms with van der Waals surface area (Å²) in [6, 6.07) is 11.5. The van der Waals surface area contributed by atoms with Crippen molar-refractivity contribution >= 4 is 23.2 Å². The molecule has 2 atom stereocenters. The summed E-state index contributed by atoms with van der Waals surface area (Å²) < 4.78 is 11.5. The zero-order valence-corrected chi connectivity index (χ0v) is 17.2. The lowest BCUT2D eigenvalue weighted by Gasteiger charge is -2.23. The molecule has 2 aromatic carbocycles. The molecular formula is C22H25N3O6. The number of benzene rings is 2. The number of hydrogen-bond donors (Lipinski definition) is 2. The Hall–Kier alpha value is -3.46. The zero-order valence-electron chi connectivity index (χ0n) is 17.2. The number of rotatable bonds is 8. The molecule has 1 fully saturated rings. The lowest BCUT2D eigenvalue weighted by atomic mass is 10.1. The highest BCUT2D eigenvalue weighted by Gasteiger charge is 2.20. The molecule has 1 saturated heterocycles. The van der Waals surface area contributed by atoms with Crippen molar-refractivity contribution in [2.24, 2.45) is 0 Å². The van der Waals surface area contributed by atoms with Gasteiger partial charge in [0, 0.05) is 24.3 Å². The van der Waals surface area contributed by atoms with Gasteiger partial charge in [-0.1, -0.05) is 18.2 Å². The number of para-hydroxylation sites is 2. The monoisotopic (exact) mass is 427 g/mol. The Morgan fingerprint density at radius 3 is 2.77 bits per heavy atom. The number of nitrogens with zero attached hydrogens (tertiary/aromatic N) is 1. The molecular weight excluding hydrogens is 402 g/mol. The number of nitro benzene ring substituents is 1. The number of anilines is 1. The Morgan fingerprint density at radius 1 is 1.23 bits per heavy atom. The number of hydrogen-bond acceptors (Lipinski definition) is 6. The first-order valence-electron chi connectivity index (χ1n) is 10.1. The van der Waals surface area contributed by atoms with Crippen LogP contribution >= 0.6 is 0 Å². The Labute approximate surface area is 179 Å². The fourth-order valence-corrected chi connectivity index (χ4v) is 3.16. The molecule has 1 aliphatic heterocycles. The third kappa shape index (κ3) is 6.26. The Kier molecular flexibility index (Phi) is 7.55. The number of nitro groups is 1. The summed E-state index contributed by atoms with van der Waals surface area (Å²) in [5, 5.41) is 16.2. The summed E-state index contributed by atoms with van der Waals surface area (Å²) in [5.41, 5.74) is 0.391. The second-order valence-electron chi connectivity index (χ2n) is 7.29. The highest BCUT2D eigenvalue weighted by molar-refractivity contribution is 6.01. The van der Waals surface area contributed by atoms with Gasteiger partial charge in [0.15, 0.2) is 0 Å². The molecule has 2 N–H and O–H groups in total. The summed E-state index contributed by atoms with van der Waals surface area (Å²) >= 11 is 0. The maximum atomic E-state index is 12.6. The molecule has 0 aromatic heterocycles. The van der Waals surface area contributed by atoms with E-state index >= 15 is 0 Å². The standard InChI is InChI=1S/C22H25N3O6/c1-15(23-22(27)16-7-6-8-17(13-16)25(28)29)21(26)24-19-10-2-3-11-20(19)31-14-18-9-4-5-12-30-18/h2-3,6-8,10-11,13,15,18H,4-5,9,12,14H2,1H3,(H,23,27)(H,24,26). The third-order valence-corrected chi connectivity index (χ3v) is 4.90. The number of carbonyl (C=O) groups is 2. The van der Waals surface area contributed by atoms with E-state index in [2.05, 4.69) is 10.6 Å². The van der Waals surface area contributed by atoms with Crippen molar-refractivity contribution in [2.75, 3.05) is 18.5 Å². The molecule has 0 bridgehead atoms. The molecule has 9 heteroatoms. The zero-order chi connectivity index (χ0) is 22.2. The molecule has 0 saturated carbocycles. The molecule has 164 valence electrons. The van der Waals surface area contributed by atoms with Crippen LogP contribution in [0.3, 0.4) is 0 Å². The fourth-order valence-electron chi connectivity index (χ4n) is 3.16. The largest absolute Gasteiger partial charge is 0.489 e. The number of carbonyl (C=O) groups excluding carboxylic acids is 2. The maximum Gasteiger partial charge on any atom is 0.270 e. The van der Waals surface area contributed by atoms with E-state index in [0.29, 0.717) is 18.0 Å². The SMILES string of the molecule is CC(NC(=O)c1cccc([N+](=O)[O-])c1)C(=O)Nc1ccccc1OCC1CCCCO1. The van der Waals surface area contributed by atoms with Gasteiger partial charge < -0.3 is 20.1 Å². The van der Waals surface area contributed by atoms with Gasteiger partial charge in [0.25, 0.3) is 11.6 Å². The molecule has 31 heavy (non-hydrogen) atoms. The first-order chi connectivity index (χ1) is 14.9. The molecule has 0 radical (unpaired) electrons. The van der Waals surface area contributed by atoms with Gasteiger partial charge in [-0.3, -0.25) is 19.7 Å². The second-order valence-corrected chi connectivity index (χ2v) is 7.29. The van der Waals surface area contributed by atoms with Crippen molar-refractivity contribution in [3.8, 4) is 5.75 Å². The lowest BCUT2D eigenvalue weighted by molar-refractivity contribution is -0.384. The van der Waals surface area contributed by atoms with Crippen molar-refractivity contribution in [3.63, 3.8) is 0 Å². The molecule has 2 aromatic rings. The van der Waals surface area contributed by atoms with Gasteiger partial charge in [0.1, 0.15) is 18.4 Å². The molecule has 1 heterocycles. The van der Waals surface area contributed by atoms with E-state index in [1.54, 1.807) is 24.3 Å². The molecule has 9 nitrogen and oxygen atoms in total. The van der Waals surface area contributed by atoms with Crippen LogP contribution in [0.5, 0.6) is 5.75 Å². The van der Waals surface area contributed by atoms with Crippen LogP contribution in [-0.4, -0.2) is 42.1 Å². The van der Waals surface area contributed by atoms with Crippen LogP contribution < -0.4 is 15.4 Å². The van der Waals surface area contributed by atoms with Gasteiger partial charge in [-0.2, -0.15) is 0 Å². The minimum Gasteiger partial charge on any atom is -0.489 e. The smallest absolute Gasteiger partial charge is 0.270 e. The average molecular weight is 427 g/mol. The van der Waals surface area contributed by atoms with Crippen LogP contribution in [0.4, 0.5) is 11.4 Å². The minimum absolute atomic E-state index is 0.0330. The van der Waals surface area contributed by atoms with Crippen molar-refractivity contribution in [2.45, 2.75) is 38.3 Å². The number of amides is 2. The van der Waals surface area contributed by atoms with Crippen LogP contribution in [0, 0.1) is 10.1 Å². The van der Waals surface area contributed by atoms with Crippen LogP contribution in [-0.2, 0) is 9.53 Å². The third-order valence-electron chi connectivity index (χ3n) is 4.90. The van der Waals surface area contributed by atoms with E-state index < -0.39 is 22.8 Å². The van der Waals surface area contributed by atoms with Gasteiger partial charge in [-0.25, -0.2) is 0 Å². The van der Waals surface area contributed by atoms with E-state index in [4.69, 9.17) is 9.47 Å². The minimum atomic E-state index is -0.874. The predicted octanol–water partition coefficient (Wildman–Crippen LogP) is 3.30. The highest BCUT2D eigenvalue weighted by atomic mass is 16.6. The topological polar surface area (TPSA) is 120 Å². The average Bonchev–Trinajstić information content (AvgIpc) is 2.79. The van der Waals surface area contributed by atoms with Crippen LogP contribution in [0.2, 0.25) is 0 Å². The summed E-state index contributed by atoms with van der Waals surface area (Å²) in [6.07, 6.45) is 3.14. The second kappa shape index (κ2) is 10.5. The van der Waals surface area contributed by atoms with Gasteiger partial charge in [-0.05, 0) is 44.4 Å². The van der Waals surface area contributed by atoms with Gasteiger partial charge in [0.2, 0.25) is 5.91 Å². The number of non-ortho nitro benzene ring substituents is 1. The first-order valence-corrected chi connectivity index (χ1v) is 10.1. The van der Waals surface area contributed by atoms with Crippen LogP contribution in [0.1, 0.15) is 36.5 Å². The van der Waals surface area contributed by atoms with Gasteiger partial charge in [-0.15, -0.1) is 0 Å². The molecule has 3 rings (SSSR count). The molecule has 1 aliphatic rings. The maximum absolute atomic E-state index is 12.6. The summed E-state index contributed by atoms with van der Waals surface area (Å²) in [7, 11) is 0. The molecule has 0 aliphatic carbocycles. The normalized spacial score (nSPS) is 16.7. The molecule has 0 spiro atoms. The number of ether oxygens (including phenoxy) is 2. The highest BCUT2D eigenvalue weighted by Crippen LogP contribution is 2.25.